The van der Waals surface area contributed by atoms with Crippen LogP contribution in [0.1, 0.15) is 17.3 Å². The number of ether oxygens (including phenoxy) is 1. The first kappa shape index (κ1) is 13.6. The third-order valence-corrected chi connectivity index (χ3v) is 3.13. The van der Waals surface area contributed by atoms with Crippen molar-refractivity contribution in [1.82, 2.24) is 0 Å². The van der Waals surface area contributed by atoms with Gasteiger partial charge in [0.05, 0.1) is 12.1 Å². The van der Waals surface area contributed by atoms with Gasteiger partial charge in [0, 0.05) is 11.1 Å². The number of hydrogen-bond acceptors (Lipinski definition) is 2. The third-order valence-electron chi connectivity index (χ3n) is 2.84. The number of methoxy groups -OCH3 is 1. The molecule has 0 atom stereocenters. The molecule has 0 fully saturated rings. The zero-order valence-electron chi connectivity index (χ0n) is 10.5. The van der Waals surface area contributed by atoms with Crippen LogP contribution in [0, 0.1) is 5.82 Å². The normalized spacial score (nSPS) is 10.3. The van der Waals surface area contributed by atoms with E-state index in [0.717, 1.165) is 0 Å². The van der Waals surface area contributed by atoms with Gasteiger partial charge >= 0.3 is 0 Å². The number of halogens is 2. The number of carbonyl (C=O) groups is 1. The van der Waals surface area contributed by atoms with E-state index in [1.165, 1.54) is 26.2 Å². The van der Waals surface area contributed by atoms with Crippen molar-refractivity contribution in [3.63, 3.8) is 0 Å². The SMILES string of the molecule is COc1ccc(C(C)=O)cc1-c1ccc(F)c(Cl)c1. The quantitative estimate of drug-likeness (QED) is 0.780. The van der Waals surface area contributed by atoms with Crippen molar-refractivity contribution in [2.24, 2.45) is 0 Å². The number of benzene rings is 2. The lowest BCUT2D eigenvalue weighted by molar-refractivity contribution is 0.101. The van der Waals surface area contributed by atoms with E-state index < -0.39 is 5.82 Å². The predicted octanol–water partition coefficient (Wildman–Crippen LogP) is 4.36. The molecule has 0 bridgehead atoms. The molecular formula is C15H12ClFO2. The van der Waals surface area contributed by atoms with Gasteiger partial charge in [-0.25, -0.2) is 4.39 Å². The molecule has 0 heterocycles. The number of ketones is 1. The minimum absolute atomic E-state index is 0.0350. The summed E-state index contributed by atoms with van der Waals surface area (Å²) < 4.78 is 18.4. The molecule has 19 heavy (non-hydrogen) atoms. The minimum atomic E-state index is -0.480. The highest BCUT2D eigenvalue weighted by Gasteiger charge is 2.11. The van der Waals surface area contributed by atoms with Crippen molar-refractivity contribution in [3.05, 3.63) is 52.8 Å². The summed E-state index contributed by atoms with van der Waals surface area (Å²) in [6.45, 7) is 1.49. The van der Waals surface area contributed by atoms with Crippen LogP contribution in [-0.2, 0) is 0 Å². The van der Waals surface area contributed by atoms with E-state index >= 15 is 0 Å². The van der Waals surface area contributed by atoms with E-state index in [1.807, 2.05) is 0 Å². The van der Waals surface area contributed by atoms with Crippen LogP contribution >= 0.6 is 11.6 Å². The summed E-state index contributed by atoms with van der Waals surface area (Å²) in [6, 6.07) is 9.52. The van der Waals surface area contributed by atoms with Gasteiger partial charge in [-0.1, -0.05) is 17.7 Å². The van der Waals surface area contributed by atoms with Crippen molar-refractivity contribution in [2.45, 2.75) is 6.92 Å². The molecule has 4 heteroatoms. The molecule has 0 N–H and O–H groups in total. The molecule has 2 aromatic carbocycles. The zero-order valence-corrected chi connectivity index (χ0v) is 11.3. The molecule has 98 valence electrons. The highest BCUT2D eigenvalue weighted by atomic mass is 35.5. The molecule has 0 aliphatic rings. The van der Waals surface area contributed by atoms with Crippen LogP contribution in [0.4, 0.5) is 4.39 Å². The average Bonchev–Trinajstić information content (AvgIpc) is 2.41. The van der Waals surface area contributed by atoms with Gasteiger partial charge in [0.2, 0.25) is 0 Å². The number of Topliss-reactive ketones (excluding diaryl/α,β-unsaturated/α-hetero) is 1. The fraction of sp³-hybridized carbons (Fsp3) is 0.133. The first-order valence-corrected chi connectivity index (χ1v) is 6.05. The molecule has 2 aromatic rings. The molecular weight excluding hydrogens is 267 g/mol. The third kappa shape index (κ3) is 2.76. The summed E-state index contributed by atoms with van der Waals surface area (Å²) in [5.74, 6) is 0.0805. The maximum Gasteiger partial charge on any atom is 0.159 e. The van der Waals surface area contributed by atoms with E-state index in [1.54, 1.807) is 24.3 Å². The van der Waals surface area contributed by atoms with E-state index in [9.17, 15) is 9.18 Å². The zero-order chi connectivity index (χ0) is 14.0. The van der Waals surface area contributed by atoms with Gasteiger partial charge in [-0.3, -0.25) is 4.79 Å². The second kappa shape index (κ2) is 5.41. The molecule has 2 nitrogen and oxygen atoms in total. The Morgan fingerprint density at radius 2 is 1.95 bits per heavy atom. The fourth-order valence-corrected chi connectivity index (χ4v) is 2.00. The molecule has 0 saturated heterocycles. The molecule has 0 aromatic heterocycles. The molecule has 0 aliphatic carbocycles. The second-order valence-electron chi connectivity index (χ2n) is 4.10. The molecule has 0 spiro atoms. The number of rotatable bonds is 3. The standard InChI is InChI=1S/C15H12ClFO2/c1-9(18)10-4-6-15(19-2)12(7-10)11-3-5-14(17)13(16)8-11/h3-8H,1-2H3. The van der Waals surface area contributed by atoms with E-state index in [-0.39, 0.29) is 10.8 Å². The summed E-state index contributed by atoms with van der Waals surface area (Å²) in [4.78, 5) is 11.4. The van der Waals surface area contributed by atoms with Crippen molar-refractivity contribution >= 4 is 17.4 Å². The Balaban J connectivity index is 2.61. The summed E-state index contributed by atoms with van der Waals surface area (Å²) in [6.07, 6.45) is 0. The molecule has 2 rings (SSSR count). The van der Waals surface area contributed by atoms with Crippen molar-refractivity contribution in [2.75, 3.05) is 7.11 Å². The van der Waals surface area contributed by atoms with E-state index in [2.05, 4.69) is 0 Å². The summed E-state index contributed by atoms with van der Waals surface area (Å²) in [7, 11) is 1.54. The Morgan fingerprint density at radius 3 is 2.53 bits per heavy atom. The lowest BCUT2D eigenvalue weighted by atomic mass is 10.0. The molecule has 0 saturated carbocycles. The largest absolute Gasteiger partial charge is 0.496 e. The first-order valence-electron chi connectivity index (χ1n) is 5.67. The number of hydrogen-bond donors (Lipinski definition) is 0. The van der Waals surface area contributed by atoms with Crippen LogP contribution in [-0.4, -0.2) is 12.9 Å². The fourth-order valence-electron chi connectivity index (χ4n) is 1.82. The summed E-state index contributed by atoms with van der Waals surface area (Å²) in [5, 5.41) is 0.0350. The summed E-state index contributed by atoms with van der Waals surface area (Å²) in [5.41, 5.74) is 1.97. The van der Waals surface area contributed by atoms with Crippen LogP contribution in [0.5, 0.6) is 5.75 Å². The molecule has 0 aliphatic heterocycles. The van der Waals surface area contributed by atoms with Crippen LogP contribution in [0.25, 0.3) is 11.1 Å². The van der Waals surface area contributed by atoms with Crippen LogP contribution < -0.4 is 4.74 Å². The van der Waals surface area contributed by atoms with Gasteiger partial charge in [0.15, 0.2) is 5.78 Å². The minimum Gasteiger partial charge on any atom is -0.496 e. The highest BCUT2D eigenvalue weighted by molar-refractivity contribution is 6.31. The topological polar surface area (TPSA) is 26.3 Å². The smallest absolute Gasteiger partial charge is 0.159 e. The van der Waals surface area contributed by atoms with Gasteiger partial charge < -0.3 is 4.74 Å². The van der Waals surface area contributed by atoms with Gasteiger partial charge in [-0.2, -0.15) is 0 Å². The Hall–Kier alpha value is -1.87. The first-order chi connectivity index (χ1) is 9.02. The van der Waals surface area contributed by atoms with Gasteiger partial charge in [0.25, 0.3) is 0 Å². The van der Waals surface area contributed by atoms with Gasteiger partial charge in [0.1, 0.15) is 11.6 Å². The Labute approximate surface area is 115 Å². The molecule has 0 radical (unpaired) electrons. The second-order valence-corrected chi connectivity index (χ2v) is 4.51. The monoisotopic (exact) mass is 278 g/mol. The van der Waals surface area contributed by atoms with Gasteiger partial charge in [-0.15, -0.1) is 0 Å². The van der Waals surface area contributed by atoms with Crippen LogP contribution in [0.15, 0.2) is 36.4 Å². The highest BCUT2D eigenvalue weighted by Crippen LogP contribution is 2.33. The number of carbonyl (C=O) groups excluding carboxylic acids is 1. The molecule has 0 unspecified atom stereocenters. The lowest BCUT2D eigenvalue weighted by Crippen LogP contribution is -1.95. The Bertz CT molecular complexity index is 638. The van der Waals surface area contributed by atoms with Crippen molar-refractivity contribution in [1.29, 1.82) is 0 Å². The maximum atomic E-state index is 13.2. The van der Waals surface area contributed by atoms with Crippen LogP contribution in [0.2, 0.25) is 5.02 Å². The Morgan fingerprint density at radius 1 is 1.21 bits per heavy atom. The van der Waals surface area contributed by atoms with Crippen molar-refractivity contribution in [3.8, 4) is 16.9 Å². The summed E-state index contributed by atoms with van der Waals surface area (Å²) >= 11 is 5.78. The maximum absolute atomic E-state index is 13.2. The lowest BCUT2D eigenvalue weighted by Gasteiger charge is -2.10. The average molecular weight is 279 g/mol. The molecule has 0 amide bonds. The predicted molar refractivity (Wildman–Crippen MR) is 73.4 cm³/mol. The van der Waals surface area contributed by atoms with Crippen LogP contribution in [0.3, 0.4) is 0 Å². The Kier molecular flexibility index (Phi) is 3.86. The van der Waals surface area contributed by atoms with E-state index in [0.29, 0.717) is 22.4 Å². The van der Waals surface area contributed by atoms with E-state index in [4.69, 9.17) is 16.3 Å². The van der Waals surface area contributed by atoms with Crippen molar-refractivity contribution < 1.29 is 13.9 Å². The van der Waals surface area contributed by atoms with Gasteiger partial charge in [-0.05, 0) is 42.8 Å².